The van der Waals surface area contributed by atoms with Crippen molar-refractivity contribution >= 4 is 19.8 Å². The van der Waals surface area contributed by atoms with Gasteiger partial charge in [-0.3, -0.25) is 18.6 Å². The Morgan fingerprint density at radius 2 is 1.02 bits per heavy atom. The average molecular weight is 790 g/mol. The maximum absolute atomic E-state index is 12.5. The Balaban J connectivity index is 4.32. The number of carbonyl (C=O) groups is 2. The Labute approximate surface area is 334 Å². The van der Waals surface area contributed by atoms with E-state index in [1.54, 1.807) is 0 Å². The third-order valence-corrected chi connectivity index (χ3v) is 9.25. The van der Waals surface area contributed by atoms with Crippen LogP contribution in [-0.4, -0.2) is 49.3 Å². The first kappa shape index (κ1) is 52.2. The lowest BCUT2D eigenvalue weighted by molar-refractivity contribution is -0.161. The van der Waals surface area contributed by atoms with Crippen LogP contribution >= 0.6 is 7.82 Å². The van der Waals surface area contributed by atoms with Crippen molar-refractivity contribution in [2.24, 2.45) is 5.73 Å². The first-order valence-corrected chi connectivity index (χ1v) is 22.6. The maximum Gasteiger partial charge on any atom is 0.472 e. The van der Waals surface area contributed by atoms with Crippen LogP contribution in [0.3, 0.4) is 0 Å². The van der Waals surface area contributed by atoms with Crippen LogP contribution in [-0.2, 0) is 32.7 Å². The fraction of sp³-hybridized carbons (Fsp3) is 0.644. The van der Waals surface area contributed by atoms with Crippen molar-refractivity contribution < 1.29 is 37.6 Å². The van der Waals surface area contributed by atoms with E-state index in [1.165, 1.54) is 38.5 Å². The molecule has 0 aromatic heterocycles. The number of esters is 2. The van der Waals surface area contributed by atoms with Crippen LogP contribution < -0.4 is 5.73 Å². The van der Waals surface area contributed by atoms with Gasteiger partial charge in [0, 0.05) is 19.4 Å². The highest BCUT2D eigenvalue weighted by Gasteiger charge is 2.25. The highest BCUT2D eigenvalue weighted by Crippen LogP contribution is 2.43. The Bertz CT molecular complexity index is 1170. The zero-order valence-electron chi connectivity index (χ0n) is 34.4. The lowest BCUT2D eigenvalue weighted by atomic mass is 10.1. The summed E-state index contributed by atoms with van der Waals surface area (Å²) in [5, 5.41) is 0. The molecule has 0 fully saturated rings. The van der Waals surface area contributed by atoms with Gasteiger partial charge in [-0.1, -0.05) is 144 Å². The summed E-state index contributed by atoms with van der Waals surface area (Å²) in [6.45, 7) is 3.50. The second kappa shape index (κ2) is 40.8. The topological polar surface area (TPSA) is 134 Å². The first-order valence-electron chi connectivity index (χ1n) is 21.1. The standard InChI is InChI=1S/C45H76NO8P/c1-3-5-7-9-11-13-15-17-19-21-23-25-27-29-31-33-35-37-44(47)51-41-43(42-53-55(49,50)52-40-39-46)54-45(48)38-36-34-32-30-28-26-24-22-20-18-16-14-12-10-8-6-4-2/h5,7,11,13,17-20,23-26,30,32,43H,3-4,6,8-10,12,14-16,21-22,27-29,31,33-42,46H2,1-2H3,(H,49,50). The molecule has 10 heteroatoms. The van der Waals surface area contributed by atoms with Gasteiger partial charge in [0.2, 0.25) is 0 Å². The van der Waals surface area contributed by atoms with Gasteiger partial charge in [0.15, 0.2) is 6.10 Å². The second-order valence-corrected chi connectivity index (χ2v) is 14.9. The Hall–Kier alpha value is -2.81. The van der Waals surface area contributed by atoms with E-state index < -0.39 is 32.5 Å². The highest BCUT2D eigenvalue weighted by atomic mass is 31.2. The maximum atomic E-state index is 12.5. The van der Waals surface area contributed by atoms with Crippen molar-refractivity contribution in [3.8, 4) is 0 Å². The molecule has 0 aliphatic carbocycles. The Morgan fingerprint density at radius 3 is 1.55 bits per heavy atom. The van der Waals surface area contributed by atoms with Gasteiger partial charge in [0.05, 0.1) is 13.2 Å². The molecule has 2 atom stereocenters. The van der Waals surface area contributed by atoms with Gasteiger partial charge in [-0.2, -0.15) is 0 Å². The molecule has 0 aromatic rings. The van der Waals surface area contributed by atoms with Crippen molar-refractivity contribution in [3.05, 3.63) is 85.1 Å². The molecule has 0 aliphatic heterocycles. The fourth-order valence-corrected chi connectivity index (χ4v) is 5.93. The lowest BCUT2D eigenvalue weighted by Gasteiger charge is -2.19. The summed E-state index contributed by atoms with van der Waals surface area (Å²) >= 11 is 0. The molecule has 0 amide bonds. The normalized spacial score (nSPS) is 14.2. The van der Waals surface area contributed by atoms with Crippen LogP contribution in [0, 0.1) is 0 Å². The summed E-state index contributed by atoms with van der Waals surface area (Å²) in [6, 6.07) is 0. The number of carbonyl (C=O) groups excluding carboxylic acids is 2. The molecule has 314 valence electrons. The lowest BCUT2D eigenvalue weighted by Crippen LogP contribution is -2.29. The molecule has 0 saturated heterocycles. The van der Waals surface area contributed by atoms with E-state index in [0.717, 1.165) is 70.6 Å². The Kier molecular flexibility index (Phi) is 38.8. The molecule has 0 radical (unpaired) electrons. The molecule has 0 aliphatic rings. The van der Waals surface area contributed by atoms with Crippen LogP contribution in [0.15, 0.2) is 85.1 Å². The molecule has 0 saturated carbocycles. The van der Waals surface area contributed by atoms with E-state index >= 15 is 0 Å². The molecular weight excluding hydrogens is 713 g/mol. The van der Waals surface area contributed by atoms with Gasteiger partial charge in [-0.15, -0.1) is 0 Å². The van der Waals surface area contributed by atoms with Crippen molar-refractivity contribution in [2.45, 2.75) is 161 Å². The third kappa shape index (κ3) is 40.7. The van der Waals surface area contributed by atoms with Gasteiger partial charge in [-0.05, 0) is 83.5 Å². The van der Waals surface area contributed by atoms with Crippen molar-refractivity contribution in [3.63, 3.8) is 0 Å². The van der Waals surface area contributed by atoms with Crippen LogP contribution in [0.2, 0.25) is 0 Å². The second-order valence-electron chi connectivity index (χ2n) is 13.5. The SMILES string of the molecule is CCC=CCC=CCC=CCC=CCCCCCCC(=O)OCC(COP(=O)(O)OCCN)OC(=O)CCCC=CCC=CCC=CCCCCCCCC. The number of phosphoric ester groups is 1. The van der Waals surface area contributed by atoms with Crippen LogP contribution in [0.25, 0.3) is 0 Å². The third-order valence-electron chi connectivity index (χ3n) is 8.27. The molecule has 3 N–H and O–H groups in total. The number of ether oxygens (including phenoxy) is 2. The summed E-state index contributed by atoms with van der Waals surface area (Å²) < 4.78 is 32.7. The quantitative estimate of drug-likeness (QED) is 0.0271. The number of rotatable bonds is 38. The van der Waals surface area contributed by atoms with Crippen LogP contribution in [0.5, 0.6) is 0 Å². The zero-order valence-corrected chi connectivity index (χ0v) is 35.3. The van der Waals surface area contributed by atoms with Crippen LogP contribution in [0.1, 0.15) is 155 Å². The average Bonchev–Trinajstić information content (AvgIpc) is 3.17. The highest BCUT2D eigenvalue weighted by molar-refractivity contribution is 7.47. The summed E-state index contributed by atoms with van der Waals surface area (Å²) in [5.74, 6) is -0.926. The van der Waals surface area contributed by atoms with Crippen molar-refractivity contribution in [2.75, 3.05) is 26.4 Å². The van der Waals surface area contributed by atoms with E-state index in [0.29, 0.717) is 19.3 Å². The number of allylic oxidation sites excluding steroid dienone is 14. The molecule has 0 rings (SSSR count). The largest absolute Gasteiger partial charge is 0.472 e. The summed E-state index contributed by atoms with van der Waals surface area (Å²) in [6.07, 6.45) is 50.5. The van der Waals surface area contributed by atoms with Gasteiger partial charge in [0.25, 0.3) is 0 Å². The minimum absolute atomic E-state index is 0.0375. The minimum Gasteiger partial charge on any atom is -0.462 e. The monoisotopic (exact) mass is 790 g/mol. The predicted molar refractivity (Wildman–Crippen MR) is 229 cm³/mol. The smallest absolute Gasteiger partial charge is 0.462 e. The van der Waals surface area contributed by atoms with Crippen molar-refractivity contribution in [1.82, 2.24) is 0 Å². The van der Waals surface area contributed by atoms with Gasteiger partial charge >= 0.3 is 19.8 Å². The van der Waals surface area contributed by atoms with E-state index in [4.69, 9.17) is 24.3 Å². The minimum atomic E-state index is -4.40. The molecule has 0 aromatic carbocycles. The molecule has 9 nitrogen and oxygen atoms in total. The zero-order chi connectivity index (χ0) is 40.3. The number of phosphoric acid groups is 1. The molecule has 0 spiro atoms. The number of hydrogen-bond acceptors (Lipinski definition) is 8. The molecule has 55 heavy (non-hydrogen) atoms. The van der Waals surface area contributed by atoms with E-state index in [9.17, 15) is 19.0 Å². The summed E-state index contributed by atoms with van der Waals surface area (Å²) in [4.78, 5) is 34.8. The van der Waals surface area contributed by atoms with Gasteiger partial charge in [0.1, 0.15) is 6.61 Å². The number of hydrogen-bond donors (Lipinski definition) is 2. The van der Waals surface area contributed by atoms with Crippen LogP contribution in [0.4, 0.5) is 0 Å². The summed E-state index contributed by atoms with van der Waals surface area (Å²) in [7, 11) is -4.40. The van der Waals surface area contributed by atoms with E-state index in [1.807, 2.05) is 6.08 Å². The molecule has 2 unspecified atom stereocenters. The number of nitrogens with two attached hydrogens (primary N) is 1. The van der Waals surface area contributed by atoms with Gasteiger partial charge < -0.3 is 20.1 Å². The Morgan fingerprint density at radius 1 is 0.564 bits per heavy atom. The van der Waals surface area contributed by atoms with E-state index in [-0.39, 0.29) is 32.6 Å². The van der Waals surface area contributed by atoms with Crippen molar-refractivity contribution in [1.29, 1.82) is 0 Å². The van der Waals surface area contributed by atoms with Gasteiger partial charge in [-0.25, -0.2) is 4.57 Å². The fourth-order valence-electron chi connectivity index (χ4n) is 5.17. The summed E-state index contributed by atoms with van der Waals surface area (Å²) in [5.41, 5.74) is 5.34. The molecule has 0 heterocycles. The van der Waals surface area contributed by atoms with E-state index in [2.05, 4.69) is 92.8 Å². The molecular formula is C45H76NO8P. The predicted octanol–water partition coefficient (Wildman–Crippen LogP) is 12.0. The number of unbranched alkanes of at least 4 members (excludes halogenated alkanes) is 11. The molecule has 0 bridgehead atoms. The first-order chi connectivity index (χ1) is 26.8.